The lowest BCUT2D eigenvalue weighted by molar-refractivity contribution is -0.141. The van der Waals surface area contributed by atoms with Gasteiger partial charge in [0.15, 0.2) is 0 Å². The molecule has 0 fully saturated rings. The number of hydrogen-bond acceptors (Lipinski definition) is 3. The van der Waals surface area contributed by atoms with Crippen molar-refractivity contribution < 1.29 is 23.5 Å². The quantitative estimate of drug-likeness (QED) is 0.906. The number of rotatable bonds is 4. The molecular weight excluding hydrogens is 344 g/mol. The van der Waals surface area contributed by atoms with Gasteiger partial charge in [-0.2, -0.15) is 13.9 Å². The summed E-state index contributed by atoms with van der Waals surface area (Å²) < 4.78 is 26.5. The molecule has 0 saturated carbocycles. The van der Waals surface area contributed by atoms with E-state index in [0.29, 0.717) is 28.0 Å². The molecule has 26 heavy (non-hydrogen) atoms. The minimum atomic E-state index is -2.77. The van der Waals surface area contributed by atoms with Crippen molar-refractivity contribution in [2.75, 3.05) is 6.54 Å². The third-order valence-electron chi connectivity index (χ3n) is 4.83. The number of alkyl halides is 2. The minimum absolute atomic E-state index is 0.0618. The van der Waals surface area contributed by atoms with Crippen LogP contribution in [0.2, 0.25) is 0 Å². The third kappa shape index (κ3) is 3.18. The average Bonchev–Trinajstić information content (AvgIpc) is 2.88. The number of aromatic nitrogens is 2. The molecule has 1 N–H and O–H groups in total. The van der Waals surface area contributed by atoms with Gasteiger partial charge in [-0.25, -0.2) is 4.68 Å². The SMILES string of the molecule is Cc1nn(C(F)F)c(C)c1CC(=O)N1Cc2ccccc2C(C(=O)O)C1. The largest absolute Gasteiger partial charge is 0.481 e. The van der Waals surface area contributed by atoms with Gasteiger partial charge in [-0.05, 0) is 25.0 Å². The molecular formula is C18H19F2N3O3. The highest BCUT2D eigenvalue weighted by Gasteiger charge is 2.33. The Labute approximate surface area is 149 Å². The van der Waals surface area contributed by atoms with Crippen LogP contribution in [-0.4, -0.2) is 38.2 Å². The van der Waals surface area contributed by atoms with Crippen LogP contribution >= 0.6 is 0 Å². The van der Waals surface area contributed by atoms with Gasteiger partial charge in [-0.3, -0.25) is 9.59 Å². The van der Waals surface area contributed by atoms with E-state index in [9.17, 15) is 23.5 Å². The maximum atomic E-state index is 13.0. The van der Waals surface area contributed by atoms with E-state index in [1.807, 2.05) is 0 Å². The molecule has 3 rings (SSSR count). The predicted molar refractivity (Wildman–Crippen MR) is 88.9 cm³/mol. The van der Waals surface area contributed by atoms with Crippen LogP contribution in [0.5, 0.6) is 0 Å². The number of amides is 1. The van der Waals surface area contributed by atoms with Gasteiger partial charge in [0.05, 0.1) is 18.0 Å². The van der Waals surface area contributed by atoms with Gasteiger partial charge in [0.1, 0.15) is 0 Å². The Kier molecular flexibility index (Phi) is 4.76. The average molecular weight is 363 g/mol. The lowest BCUT2D eigenvalue weighted by Crippen LogP contribution is -2.41. The van der Waals surface area contributed by atoms with Crippen molar-refractivity contribution >= 4 is 11.9 Å². The van der Waals surface area contributed by atoms with E-state index in [1.54, 1.807) is 31.2 Å². The van der Waals surface area contributed by atoms with Crippen molar-refractivity contribution in [2.45, 2.75) is 39.3 Å². The molecule has 6 nitrogen and oxygen atoms in total. The Morgan fingerprint density at radius 1 is 1.31 bits per heavy atom. The number of hydrogen-bond donors (Lipinski definition) is 1. The number of carbonyl (C=O) groups excluding carboxylic acids is 1. The zero-order valence-electron chi connectivity index (χ0n) is 14.4. The zero-order chi connectivity index (χ0) is 19.0. The zero-order valence-corrected chi connectivity index (χ0v) is 14.4. The molecule has 1 aromatic heterocycles. The van der Waals surface area contributed by atoms with Crippen LogP contribution in [0.15, 0.2) is 24.3 Å². The summed E-state index contributed by atoms with van der Waals surface area (Å²) in [6, 6.07) is 7.14. The van der Waals surface area contributed by atoms with Gasteiger partial charge < -0.3 is 10.0 Å². The van der Waals surface area contributed by atoms with Crippen LogP contribution < -0.4 is 0 Å². The van der Waals surface area contributed by atoms with Crippen molar-refractivity contribution in [1.29, 1.82) is 0 Å². The van der Waals surface area contributed by atoms with Crippen molar-refractivity contribution in [3.8, 4) is 0 Å². The molecule has 0 aliphatic carbocycles. The van der Waals surface area contributed by atoms with Crippen LogP contribution in [0.25, 0.3) is 0 Å². The minimum Gasteiger partial charge on any atom is -0.481 e. The second kappa shape index (κ2) is 6.86. The highest BCUT2D eigenvalue weighted by molar-refractivity contribution is 5.83. The van der Waals surface area contributed by atoms with Crippen LogP contribution in [0.3, 0.4) is 0 Å². The monoisotopic (exact) mass is 363 g/mol. The molecule has 0 radical (unpaired) electrons. The highest BCUT2D eigenvalue weighted by Crippen LogP contribution is 2.29. The summed E-state index contributed by atoms with van der Waals surface area (Å²) in [5.41, 5.74) is 2.58. The number of nitrogens with zero attached hydrogens (tertiary/aromatic N) is 3. The molecule has 2 aromatic rings. The fourth-order valence-electron chi connectivity index (χ4n) is 3.41. The van der Waals surface area contributed by atoms with Crippen LogP contribution in [0.4, 0.5) is 8.78 Å². The van der Waals surface area contributed by atoms with E-state index >= 15 is 0 Å². The summed E-state index contributed by atoms with van der Waals surface area (Å²) in [5.74, 6) is -2.09. The Morgan fingerprint density at radius 2 is 2.00 bits per heavy atom. The van der Waals surface area contributed by atoms with E-state index in [1.165, 1.54) is 11.8 Å². The molecule has 8 heteroatoms. The summed E-state index contributed by atoms with van der Waals surface area (Å²) in [5, 5.41) is 13.3. The summed E-state index contributed by atoms with van der Waals surface area (Å²) in [7, 11) is 0. The first-order valence-electron chi connectivity index (χ1n) is 8.20. The molecule has 1 unspecified atom stereocenters. The maximum absolute atomic E-state index is 13.0. The summed E-state index contributed by atoms with van der Waals surface area (Å²) in [6.45, 7) is 0.683. The summed E-state index contributed by atoms with van der Waals surface area (Å²) >= 11 is 0. The second-order valence-electron chi connectivity index (χ2n) is 6.41. The van der Waals surface area contributed by atoms with Gasteiger partial charge in [-0.15, -0.1) is 0 Å². The van der Waals surface area contributed by atoms with Gasteiger partial charge in [0.2, 0.25) is 5.91 Å². The van der Waals surface area contributed by atoms with E-state index < -0.39 is 18.4 Å². The molecule has 0 bridgehead atoms. The highest BCUT2D eigenvalue weighted by atomic mass is 19.3. The molecule has 1 aromatic carbocycles. The van der Waals surface area contributed by atoms with Crippen molar-refractivity contribution in [3.63, 3.8) is 0 Å². The Bertz CT molecular complexity index is 863. The lowest BCUT2D eigenvalue weighted by atomic mass is 9.89. The first-order chi connectivity index (χ1) is 12.3. The van der Waals surface area contributed by atoms with Crippen LogP contribution in [-0.2, 0) is 22.6 Å². The first-order valence-corrected chi connectivity index (χ1v) is 8.20. The number of benzene rings is 1. The number of carboxylic acids is 1. The summed E-state index contributed by atoms with van der Waals surface area (Å²) in [6.07, 6.45) is -0.0844. The molecule has 1 atom stereocenters. The molecule has 138 valence electrons. The van der Waals surface area contributed by atoms with Gasteiger partial charge >= 0.3 is 12.5 Å². The maximum Gasteiger partial charge on any atom is 0.333 e. The standard InChI is InChI=1S/C18H19F2N3O3/c1-10-14(11(2)23(21-10)18(19)20)7-16(24)22-8-12-5-3-4-6-13(12)15(9-22)17(25)26/h3-6,15,18H,7-9H2,1-2H3,(H,25,26). The molecule has 2 heterocycles. The number of aryl methyl sites for hydroxylation is 1. The van der Waals surface area contributed by atoms with E-state index in [0.717, 1.165) is 5.56 Å². The topological polar surface area (TPSA) is 75.4 Å². The Morgan fingerprint density at radius 3 is 2.62 bits per heavy atom. The fourth-order valence-corrected chi connectivity index (χ4v) is 3.41. The van der Waals surface area contributed by atoms with Gasteiger partial charge in [0.25, 0.3) is 0 Å². The number of halogens is 2. The predicted octanol–water partition coefficient (Wildman–Crippen LogP) is 2.65. The van der Waals surface area contributed by atoms with Crippen molar-refractivity contribution in [2.24, 2.45) is 0 Å². The molecule has 0 spiro atoms. The first kappa shape index (κ1) is 18.0. The van der Waals surface area contributed by atoms with Crippen LogP contribution in [0.1, 0.15) is 40.5 Å². The molecule has 1 amide bonds. The van der Waals surface area contributed by atoms with Crippen molar-refractivity contribution in [1.82, 2.24) is 14.7 Å². The number of carboxylic acid groups (broad SMARTS) is 1. The lowest BCUT2D eigenvalue weighted by Gasteiger charge is -2.33. The van der Waals surface area contributed by atoms with E-state index in [2.05, 4.69) is 5.10 Å². The smallest absolute Gasteiger partial charge is 0.333 e. The van der Waals surface area contributed by atoms with E-state index in [4.69, 9.17) is 0 Å². The number of fused-ring (bicyclic) bond motifs is 1. The van der Waals surface area contributed by atoms with Crippen molar-refractivity contribution in [3.05, 3.63) is 52.3 Å². The Balaban J connectivity index is 1.85. The molecule has 1 aliphatic rings. The van der Waals surface area contributed by atoms with Gasteiger partial charge in [0, 0.05) is 24.3 Å². The normalized spacial score (nSPS) is 16.7. The van der Waals surface area contributed by atoms with Gasteiger partial charge in [-0.1, -0.05) is 24.3 Å². The van der Waals surface area contributed by atoms with Crippen LogP contribution in [0, 0.1) is 13.8 Å². The Hall–Kier alpha value is -2.77. The number of aliphatic carboxylic acids is 1. The van der Waals surface area contributed by atoms with E-state index in [-0.39, 0.29) is 24.6 Å². The number of carbonyl (C=O) groups is 2. The fraction of sp³-hybridized carbons (Fsp3) is 0.389. The second-order valence-corrected chi connectivity index (χ2v) is 6.41. The summed E-state index contributed by atoms with van der Waals surface area (Å²) in [4.78, 5) is 25.8. The molecule has 0 saturated heterocycles. The molecule has 1 aliphatic heterocycles. The third-order valence-corrected chi connectivity index (χ3v) is 4.83.